The fourth-order valence-corrected chi connectivity index (χ4v) is 2.98. The van der Waals surface area contributed by atoms with E-state index in [0.717, 1.165) is 5.56 Å². The lowest BCUT2D eigenvalue weighted by molar-refractivity contribution is -0.122. The highest BCUT2D eigenvalue weighted by atomic mass is 16.5. The molecule has 130 valence electrons. The molecular weight excluding hydrogens is 318 g/mol. The van der Waals surface area contributed by atoms with Crippen molar-refractivity contribution in [1.82, 2.24) is 0 Å². The van der Waals surface area contributed by atoms with E-state index < -0.39 is 5.92 Å². The van der Waals surface area contributed by atoms with Crippen molar-refractivity contribution in [3.05, 3.63) is 48.0 Å². The van der Waals surface area contributed by atoms with E-state index in [2.05, 4.69) is 5.32 Å². The second-order valence-electron chi connectivity index (χ2n) is 6.14. The van der Waals surface area contributed by atoms with Crippen molar-refractivity contribution in [2.24, 2.45) is 5.92 Å². The summed E-state index contributed by atoms with van der Waals surface area (Å²) in [5.74, 6) is -0.0739. The number of rotatable bonds is 4. The van der Waals surface area contributed by atoms with E-state index in [1.54, 1.807) is 30.2 Å². The highest BCUT2D eigenvalue weighted by Gasteiger charge is 2.36. The minimum Gasteiger partial charge on any atom is -0.495 e. The van der Waals surface area contributed by atoms with Crippen molar-refractivity contribution in [3.63, 3.8) is 0 Å². The number of carbonyl (C=O) groups is 2. The van der Waals surface area contributed by atoms with Crippen molar-refractivity contribution in [2.45, 2.75) is 13.3 Å². The predicted octanol–water partition coefficient (Wildman–Crippen LogP) is 2.58. The zero-order valence-corrected chi connectivity index (χ0v) is 14.3. The zero-order chi connectivity index (χ0) is 18.0. The molecule has 2 aromatic carbocycles. The van der Waals surface area contributed by atoms with Crippen molar-refractivity contribution < 1.29 is 14.3 Å². The minimum atomic E-state index is -0.418. The Balaban J connectivity index is 1.76. The lowest BCUT2D eigenvalue weighted by atomic mass is 10.1. The molecule has 1 aliphatic heterocycles. The van der Waals surface area contributed by atoms with Gasteiger partial charge >= 0.3 is 0 Å². The number of nitrogens with zero attached hydrogens (tertiary/aromatic N) is 1. The second-order valence-corrected chi connectivity index (χ2v) is 6.14. The van der Waals surface area contributed by atoms with E-state index in [1.807, 2.05) is 31.2 Å². The molecule has 3 N–H and O–H groups in total. The summed E-state index contributed by atoms with van der Waals surface area (Å²) in [6.45, 7) is 2.22. The first-order chi connectivity index (χ1) is 12.0. The minimum absolute atomic E-state index is 0.0889. The number of aryl methyl sites for hydroxylation is 1. The number of nitrogen functional groups attached to an aromatic ring is 1. The fraction of sp³-hybridized carbons (Fsp3) is 0.263. The van der Waals surface area contributed by atoms with Gasteiger partial charge in [0.25, 0.3) is 0 Å². The maximum Gasteiger partial charge on any atom is 0.229 e. The maximum absolute atomic E-state index is 12.6. The lowest BCUT2D eigenvalue weighted by Crippen LogP contribution is -2.28. The van der Waals surface area contributed by atoms with Gasteiger partial charge in [-0.25, -0.2) is 0 Å². The summed E-state index contributed by atoms with van der Waals surface area (Å²) < 4.78 is 5.32. The highest BCUT2D eigenvalue weighted by Crippen LogP contribution is 2.33. The second kappa shape index (κ2) is 6.84. The molecule has 3 rings (SSSR count). The van der Waals surface area contributed by atoms with E-state index in [9.17, 15) is 9.59 Å². The standard InChI is InChI=1S/C19H21N3O3/c1-12-7-8-14(20)10-15(12)21-19(24)13-9-18(23)22(11-13)16-5-3-4-6-17(16)25-2/h3-8,10,13H,9,11,20H2,1-2H3,(H,21,24). The Morgan fingerprint density at radius 3 is 2.80 bits per heavy atom. The van der Waals surface area contributed by atoms with Crippen molar-refractivity contribution in [1.29, 1.82) is 0 Å². The topological polar surface area (TPSA) is 84.7 Å². The molecule has 1 fully saturated rings. The predicted molar refractivity (Wildman–Crippen MR) is 97.7 cm³/mol. The average Bonchev–Trinajstić information content (AvgIpc) is 3.00. The summed E-state index contributed by atoms with van der Waals surface area (Å²) >= 11 is 0. The van der Waals surface area contributed by atoms with Crippen LogP contribution in [0.15, 0.2) is 42.5 Å². The van der Waals surface area contributed by atoms with E-state index in [-0.39, 0.29) is 18.2 Å². The summed E-state index contributed by atoms with van der Waals surface area (Å²) in [6.07, 6.45) is 0.172. The number of amides is 2. The van der Waals surface area contributed by atoms with Gasteiger partial charge in [0.1, 0.15) is 5.75 Å². The quantitative estimate of drug-likeness (QED) is 0.839. The fourth-order valence-electron chi connectivity index (χ4n) is 2.98. The molecule has 0 spiro atoms. The summed E-state index contributed by atoms with van der Waals surface area (Å²) in [5.41, 5.74) is 8.65. The first-order valence-electron chi connectivity index (χ1n) is 8.10. The largest absolute Gasteiger partial charge is 0.495 e. The summed E-state index contributed by atoms with van der Waals surface area (Å²) in [7, 11) is 1.56. The smallest absolute Gasteiger partial charge is 0.229 e. The average molecular weight is 339 g/mol. The van der Waals surface area contributed by atoms with Crippen LogP contribution in [0.5, 0.6) is 5.75 Å². The molecule has 1 unspecified atom stereocenters. The first-order valence-corrected chi connectivity index (χ1v) is 8.10. The SMILES string of the molecule is COc1ccccc1N1CC(C(=O)Nc2cc(N)ccc2C)CC1=O. The van der Waals surface area contributed by atoms with E-state index >= 15 is 0 Å². The number of anilines is 3. The number of ether oxygens (including phenoxy) is 1. The molecule has 1 heterocycles. The molecule has 0 aromatic heterocycles. The van der Waals surface area contributed by atoms with Crippen LogP contribution in [-0.2, 0) is 9.59 Å². The van der Waals surface area contributed by atoms with E-state index in [0.29, 0.717) is 29.4 Å². The molecule has 2 aromatic rings. The van der Waals surface area contributed by atoms with E-state index in [4.69, 9.17) is 10.5 Å². The Hall–Kier alpha value is -3.02. The number of benzene rings is 2. The molecule has 6 nitrogen and oxygen atoms in total. The van der Waals surface area contributed by atoms with Crippen molar-refractivity contribution in [2.75, 3.05) is 29.6 Å². The Kier molecular flexibility index (Phi) is 4.61. The normalized spacial score (nSPS) is 16.8. The van der Waals surface area contributed by atoms with Gasteiger partial charge in [0, 0.05) is 24.3 Å². The van der Waals surface area contributed by atoms with Crippen LogP contribution >= 0.6 is 0 Å². The number of nitrogens with two attached hydrogens (primary N) is 1. The molecule has 1 saturated heterocycles. The maximum atomic E-state index is 12.6. The van der Waals surface area contributed by atoms with Crippen LogP contribution < -0.4 is 20.7 Å². The highest BCUT2D eigenvalue weighted by molar-refractivity contribution is 6.04. The van der Waals surface area contributed by atoms with Crippen LogP contribution in [-0.4, -0.2) is 25.5 Å². The van der Waals surface area contributed by atoms with Gasteiger partial charge < -0.3 is 20.7 Å². The van der Waals surface area contributed by atoms with Crippen LogP contribution in [0.2, 0.25) is 0 Å². The Morgan fingerprint density at radius 2 is 2.04 bits per heavy atom. The van der Waals surface area contributed by atoms with Gasteiger partial charge in [0.15, 0.2) is 0 Å². The Labute approximate surface area is 146 Å². The Bertz CT molecular complexity index is 819. The van der Waals surface area contributed by atoms with Gasteiger partial charge in [-0.05, 0) is 36.8 Å². The third-order valence-electron chi connectivity index (χ3n) is 4.39. The number of nitrogens with one attached hydrogen (secondary N) is 1. The zero-order valence-electron chi connectivity index (χ0n) is 14.3. The summed E-state index contributed by atoms with van der Waals surface area (Å²) in [5, 5.41) is 2.89. The number of para-hydroxylation sites is 2. The third-order valence-corrected chi connectivity index (χ3v) is 4.39. The van der Waals surface area contributed by atoms with Crippen molar-refractivity contribution >= 4 is 28.9 Å². The number of methoxy groups -OCH3 is 1. The molecule has 0 bridgehead atoms. The molecule has 0 aliphatic carbocycles. The van der Waals surface area contributed by atoms with Crippen molar-refractivity contribution in [3.8, 4) is 5.75 Å². The first kappa shape index (κ1) is 16.8. The van der Waals surface area contributed by atoms with Gasteiger partial charge in [-0.15, -0.1) is 0 Å². The molecule has 1 atom stereocenters. The van der Waals surface area contributed by atoms with Gasteiger partial charge in [0.05, 0.1) is 18.7 Å². The van der Waals surface area contributed by atoms with Gasteiger partial charge in [0.2, 0.25) is 11.8 Å². The van der Waals surface area contributed by atoms with Crippen LogP contribution in [0, 0.1) is 12.8 Å². The van der Waals surface area contributed by atoms with Crippen LogP contribution in [0.25, 0.3) is 0 Å². The lowest BCUT2D eigenvalue weighted by Gasteiger charge is -2.19. The van der Waals surface area contributed by atoms with Crippen LogP contribution in [0.4, 0.5) is 17.1 Å². The van der Waals surface area contributed by atoms with Gasteiger partial charge in [-0.1, -0.05) is 18.2 Å². The monoisotopic (exact) mass is 339 g/mol. The van der Waals surface area contributed by atoms with E-state index in [1.165, 1.54) is 0 Å². The van der Waals surface area contributed by atoms with Crippen LogP contribution in [0.3, 0.4) is 0 Å². The third kappa shape index (κ3) is 3.42. The molecule has 0 saturated carbocycles. The number of hydrogen-bond acceptors (Lipinski definition) is 4. The summed E-state index contributed by atoms with van der Waals surface area (Å²) in [4.78, 5) is 26.6. The number of hydrogen-bond donors (Lipinski definition) is 2. The molecule has 1 aliphatic rings. The summed E-state index contributed by atoms with van der Waals surface area (Å²) in [6, 6.07) is 12.7. The molecule has 6 heteroatoms. The Morgan fingerprint density at radius 1 is 1.28 bits per heavy atom. The molecule has 2 amide bonds. The van der Waals surface area contributed by atoms with Gasteiger partial charge in [-0.3, -0.25) is 9.59 Å². The van der Waals surface area contributed by atoms with Crippen LogP contribution in [0.1, 0.15) is 12.0 Å². The molecule has 0 radical (unpaired) electrons. The number of carbonyl (C=O) groups excluding carboxylic acids is 2. The van der Waals surface area contributed by atoms with Gasteiger partial charge in [-0.2, -0.15) is 0 Å². The molecule has 25 heavy (non-hydrogen) atoms. The molecular formula is C19H21N3O3.